The fourth-order valence-electron chi connectivity index (χ4n) is 0.902. The Morgan fingerprint density at radius 1 is 1.60 bits per heavy atom. The van der Waals surface area contributed by atoms with Crippen LogP contribution in [0.5, 0.6) is 0 Å². The Bertz CT molecular complexity index is 353. The second-order valence-corrected chi connectivity index (χ2v) is 2.65. The molecule has 0 bridgehead atoms. The number of hydrogen-bond donors (Lipinski definition) is 1. The van der Waals surface area contributed by atoms with Crippen LogP contribution >= 0.6 is 0 Å². The van der Waals surface area contributed by atoms with Crippen LogP contribution in [0, 0.1) is 0 Å². The van der Waals surface area contributed by atoms with E-state index in [1.807, 2.05) is 0 Å². The molecule has 1 aromatic rings. The van der Waals surface area contributed by atoms with E-state index in [0.717, 1.165) is 5.06 Å². The van der Waals surface area contributed by atoms with Gasteiger partial charge in [-0.25, -0.2) is 9.59 Å². The first-order valence-corrected chi connectivity index (χ1v) is 4.34. The molecule has 0 fully saturated rings. The van der Waals surface area contributed by atoms with Crippen LogP contribution in [0.25, 0.3) is 0 Å². The minimum absolute atomic E-state index is 0.196. The first-order chi connectivity index (χ1) is 7.15. The van der Waals surface area contributed by atoms with Gasteiger partial charge in [0, 0.05) is 12.4 Å². The van der Waals surface area contributed by atoms with Crippen LogP contribution in [0.15, 0.2) is 24.5 Å². The van der Waals surface area contributed by atoms with Crippen molar-refractivity contribution in [1.82, 2.24) is 10.0 Å². The van der Waals surface area contributed by atoms with Crippen LogP contribution < -0.4 is 5.73 Å². The summed E-state index contributed by atoms with van der Waals surface area (Å²) >= 11 is 0. The van der Waals surface area contributed by atoms with E-state index in [-0.39, 0.29) is 12.1 Å². The number of hydroxylamine groups is 2. The molecule has 6 nitrogen and oxygen atoms in total. The number of hydrogen-bond acceptors (Lipinski definition) is 4. The third-order valence-electron chi connectivity index (χ3n) is 1.62. The van der Waals surface area contributed by atoms with Gasteiger partial charge in [-0.1, -0.05) is 0 Å². The van der Waals surface area contributed by atoms with Crippen molar-refractivity contribution in [2.24, 2.45) is 5.73 Å². The van der Waals surface area contributed by atoms with Gasteiger partial charge >= 0.3 is 12.0 Å². The summed E-state index contributed by atoms with van der Waals surface area (Å²) in [5, 5.41) is 0.773. The topological polar surface area (TPSA) is 85.5 Å². The maximum Gasteiger partial charge on any atom is 0.364 e. The van der Waals surface area contributed by atoms with Crippen LogP contribution in [0.3, 0.4) is 0 Å². The molecule has 0 unspecified atom stereocenters. The molecule has 80 valence electrons. The highest BCUT2D eigenvalue weighted by molar-refractivity contribution is 5.89. The normalized spacial score (nSPS) is 9.40. The monoisotopic (exact) mass is 209 g/mol. The number of nitrogens with zero attached hydrogens (tertiary/aromatic N) is 2. The first-order valence-electron chi connectivity index (χ1n) is 4.34. The van der Waals surface area contributed by atoms with E-state index in [1.54, 1.807) is 13.0 Å². The third-order valence-corrected chi connectivity index (χ3v) is 1.62. The van der Waals surface area contributed by atoms with E-state index in [4.69, 9.17) is 10.6 Å². The molecule has 2 N–H and O–H groups in total. The fourth-order valence-corrected chi connectivity index (χ4v) is 0.902. The van der Waals surface area contributed by atoms with Crippen molar-refractivity contribution in [3.8, 4) is 0 Å². The van der Waals surface area contributed by atoms with Crippen LogP contribution in [0.4, 0.5) is 4.79 Å². The Kier molecular flexibility index (Phi) is 3.61. The predicted molar refractivity (Wildman–Crippen MR) is 51.6 cm³/mol. The number of rotatable bonds is 2. The van der Waals surface area contributed by atoms with E-state index in [9.17, 15) is 9.59 Å². The summed E-state index contributed by atoms with van der Waals surface area (Å²) in [6.07, 6.45) is 2.87. The Labute approximate surface area is 86.6 Å². The molecule has 1 heterocycles. The lowest BCUT2D eigenvalue weighted by Crippen LogP contribution is -2.37. The van der Waals surface area contributed by atoms with Crippen molar-refractivity contribution in [2.45, 2.75) is 6.92 Å². The summed E-state index contributed by atoms with van der Waals surface area (Å²) in [5.74, 6) is -0.663. The smallest absolute Gasteiger partial charge is 0.349 e. The minimum Gasteiger partial charge on any atom is -0.349 e. The standard InChI is InChI=1S/C9H11N3O3/c1-2-12(9(10)14)15-8(13)7-4-3-5-11-6-7/h3-6H,2H2,1H3,(H2,10,14). The lowest BCUT2D eigenvalue weighted by atomic mass is 10.3. The number of carbonyl (C=O) groups is 2. The second kappa shape index (κ2) is 4.94. The van der Waals surface area contributed by atoms with E-state index < -0.39 is 12.0 Å². The number of carbonyl (C=O) groups excluding carboxylic acids is 2. The number of aromatic nitrogens is 1. The Hall–Kier alpha value is -2.11. The summed E-state index contributed by atoms with van der Waals surface area (Å²) in [5.41, 5.74) is 5.23. The van der Waals surface area contributed by atoms with Gasteiger partial charge in [0.05, 0.1) is 12.1 Å². The van der Waals surface area contributed by atoms with Crippen LogP contribution in [0.1, 0.15) is 17.3 Å². The second-order valence-electron chi connectivity index (χ2n) is 2.65. The van der Waals surface area contributed by atoms with Gasteiger partial charge in [0.15, 0.2) is 0 Å². The maximum atomic E-state index is 11.4. The van der Waals surface area contributed by atoms with Gasteiger partial charge in [0.1, 0.15) is 0 Å². The molecule has 0 aliphatic carbocycles. The molecule has 0 saturated heterocycles. The third kappa shape index (κ3) is 2.94. The summed E-state index contributed by atoms with van der Waals surface area (Å²) in [6.45, 7) is 1.84. The maximum absolute atomic E-state index is 11.4. The van der Waals surface area contributed by atoms with Crippen molar-refractivity contribution in [2.75, 3.05) is 6.54 Å². The van der Waals surface area contributed by atoms with Gasteiger partial charge in [0.2, 0.25) is 0 Å². The molecule has 15 heavy (non-hydrogen) atoms. The highest BCUT2D eigenvalue weighted by Crippen LogP contribution is 2.01. The number of primary amides is 1. The minimum atomic E-state index is -0.810. The van der Waals surface area contributed by atoms with Crippen molar-refractivity contribution in [3.05, 3.63) is 30.1 Å². The molecule has 0 spiro atoms. The Balaban J connectivity index is 2.67. The zero-order chi connectivity index (χ0) is 11.3. The molecule has 0 aliphatic heterocycles. The van der Waals surface area contributed by atoms with Gasteiger partial charge in [-0.15, -0.1) is 0 Å². The SMILES string of the molecule is CCN(OC(=O)c1cccnc1)C(N)=O. The Morgan fingerprint density at radius 2 is 2.33 bits per heavy atom. The van der Waals surface area contributed by atoms with E-state index in [1.165, 1.54) is 18.5 Å². The number of pyridine rings is 1. The zero-order valence-corrected chi connectivity index (χ0v) is 8.21. The van der Waals surface area contributed by atoms with E-state index in [0.29, 0.717) is 0 Å². The molecule has 0 aromatic carbocycles. The number of urea groups is 1. The zero-order valence-electron chi connectivity index (χ0n) is 8.21. The molecule has 1 rings (SSSR count). The summed E-state index contributed by atoms with van der Waals surface area (Å²) < 4.78 is 0. The summed E-state index contributed by atoms with van der Waals surface area (Å²) in [7, 11) is 0. The molecule has 0 saturated carbocycles. The largest absolute Gasteiger partial charge is 0.364 e. The average molecular weight is 209 g/mol. The van der Waals surface area contributed by atoms with Crippen molar-refractivity contribution in [1.29, 1.82) is 0 Å². The summed E-state index contributed by atoms with van der Waals surface area (Å²) in [6, 6.07) is 2.32. The van der Waals surface area contributed by atoms with Crippen molar-refractivity contribution in [3.63, 3.8) is 0 Å². The molecular formula is C9H11N3O3. The average Bonchev–Trinajstić information content (AvgIpc) is 2.26. The lowest BCUT2D eigenvalue weighted by Gasteiger charge is -2.16. The van der Waals surface area contributed by atoms with Gasteiger partial charge in [-0.05, 0) is 19.1 Å². The van der Waals surface area contributed by atoms with E-state index >= 15 is 0 Å². The van der Waals surface area contributed by atoms with Crippen LogP contribution in [-0.4, -0.2) is 28.6 Å². The van der Waals surface area contributed by atoms with E-state index in [2.05, 4.69) is 4.98 Å². The van der Waals surface area contributed by atoms with Crippen molar-refractivity contribution < 1.29 is 14.4 Å². The highest BCUT2D eigenvalue weighted by Gasteiger charge is 2.15. The molecule has 0 aliphatic rings. The molecule has 0 atom stereocenters. The molecule has 2 amide bonds. The molecule has 1 aromatic heterocycles. The highest BCUT2D eigenvalue weighted by atomic mass is 16.7. The Morgan fingerprint density at radius 3 is 2.80 bits per heavy atom. The quantitative estimate of drug-likeness (QED) is 0.721. The van der Waals surface area contributed by atoms with Crippen LogP contribution in [0.2, 0.25) is 0 Å². The molecule has 6 heteroatoms. The van der Waals surface area contributed by atoms with Gasteiger partial charge in [-0.3, -0.25) is 4.98 Å². The number of nitrogens with two attached hydrogens (primary N) is 1. The van der Waals surface area contributed by atoms with Crippen LogP contribution in [-0.2, 0) is 4.84 Å². The van der Waals surface area contributed by atoms with Gasteiger partial charge in [0.25, 0.3) is 0 Å². The predicted octanol–water partition coefficient (Wildman–Crippen LogP) is 0.554. The lowest BCUT2D eigenvalue weighted by molar-refractivity contribution is -0.0675. The first kappa shape index (κ1) is 11.0. The van der Waals surface area contributed by atoms with Gasteiger partial charge in [-0.2, -0.15) is 5.06 Å². The van der Waals surface area contributed by atoms with Gasteiger partial charge < -0.3 is 10.6 Å². The molecule has 0 radical (unpaired) electrons. The molecular weight excluding hydrogens is 198 g/mol. The summed E-state index contributed by atoms with van der Waals surface area (Å²) in [4.78, 5) is 30.6. The number of amides is 2. The fraction of sp³-hybridized carbons (Fsp3) is 0.222. The van der Waals surface area contributed by atoms with Crippen molar-refractivity contribution >= 4 is 12.0 Å².